The van der Waals surface area contributed by atoms with Gasteiger partial charge < -0.3 is 4.74 Å². The van der Waals surface area contributed by atoms with Crippen LogP contribution in [0, 0.1) is 5.82 Å². The molecule has 1 aliphatic heterocycles. The monoisotopic (exact) mass is 552 g/mol. The lowest BCUT2D eigenvalue weighted by Crippen LogP contribution is -2.54. The molecule has 1 aliphatic rings. The molecule has 11 heteroatoms. The summed E-state index contributed by atoms with van der Waals surface area (Å²) in [4.78, 5) is 39.0. The van der Waals surface area contributed by atoms with Crippen molar-refractivity contribution in [3.05, 3.63) is 97.2 Å². The number of nitrogens with zero attached hydrogens (tertiary/aromatic N) is 1. The number of anilines is 1. The maximum absolute atomic E-state index is 13.2. The molecule has 0 saturated carbocycles. The van der Waals surface area contributed by atoms with E-state index < -0.39 is 23.7 Å². The smallest absolute Gasteiger partial charge is 0.335 e. The Kier molecular flexibility index (Phi) is 7.33. The number of nitrogens with one attached hydrogen (secondary N) is 1. The highest BCUT2D eigenvalue weighted by Gasteiger charge is 2.37. The molecule has 178 valence electrons. The van der Waals surface area contributed by atoms with Gasteiger partial charge in [0.15, 0.2) is 0 Å². The molecule has 3 aromatic rings. The van der Waals surface area contributed by atoms with Gasteiger partial charge in [-0.25, -0.2) is 14.1 Å². The van der Waals surface area contributed by atoms with Gasteiger partial charge in [-0.1, -0.05) is 58.5 Å². The number of hydrogen-bond acceptors (Lipinski definition) is 4. The van der Waals surface area contributed by atoms with E-state index in [2.05, 4.69) is 5.32 Å². The zero-order chi connectivity index (χ0) is 25.3. The Morgan fingerprint density at radius 3 is 2.29 bits per heavy atom. The number of benzene rings is 3. The van der Waals surface area contributed by atoms with Crippen molar-refractivity contribution in [2.75, 3.05) is 4.90 Å². The van der Waals surface area contributed by atoms with Crippen LogP contribution in [0.3, 0.4) is 0 Å². The summed E-state index contributed by atoms with van der Waals surface area (Å²) < 4.78 is 19.0. The third-order valence-corrected chi connectivity index (χ3v) is 6.13. The molecule has 6 nitrogen and oxygen atoms in total. The molecule has 0 aromatic heterocycles. The van der Waals surface area contributed by atoms with E-state index in [1.807, 2.05) is 0 Å². The van der Waals surface area contributed by atoms with E-state index in [1.54, 1.807) is 0 Å². The third-order valence-electron chi connectivity index (χ3n) is 4.90. The predicted molar refractivity (Wildman–Crippen MR) is 133 cm³/mol. The molecule has 1 N–H and O–H groups in total. The molecular weight excluding hydrogens is 541 g/mol. The number of amides is 4. The largest absolute Gasteiger partial charge is 0.487 e. The van der Waals surface area contributed by atoms with Gasteiger partial charge >= 0.3 is 6.03 Å². The molecule has 0 aliphatic carbocycles. The van der Waals surface area contributed by atoms with Crippen molar-refractivity contribution in [1.82, 2.24) is 5.32 Å². The van der Waals surface area contributed by atoms with Gasteiger partial charge in [-0.2, -0.15) is 0 Å². The quantitative estimate of drug-likeness (QED) is 0.282. The summed E-state index contributed by atoms with van der Waals surface area (Å²) in [5, 5.41) is 2.79. The number of hydrogen-bond donors (Lipinski definition) is 1. The first-order valence-electron chi connectivity index (χ1n) is 9.87. The van der Waals surface area contributed by atoms with E-state index in [9.17, 15) is 18.8 Å². The molecule has 0 atom stereocenters. The van der Waals surface area contributed by atoms with Crippen LogP contribution in [0.4, 0.5) is 14.9 Å². The van der Waals surface area contributed by atoms with Crippen molar-refractivity contribution in [3.8, 4) is 5.75 Å². The minimum atomic E-state index is -0.951. The minimum Gasteiger partial charge on any atom is -0.487 e. The summed E-state index contributed by atoms with van der Waals surface area (Å²) in [6.07, 6.45) is 1.21. The van der Waals surface area contributed by atoms with Gasteiger partial charge in [-0.05, 0) is 54.1 Å². The molecule has 0 spiro atoms. The maximum atomic E-state index is 13.2. The molecule has 4 rings (SSSR count). The second kappa shape index (κ2) is 10.3. The van der Waals surface area contributed by atoms with Crippen LogP contribution < -0.4 is 15.0 Å². The van der Waals surface area contributed by atoms with Crippen LogP contribution in [0.1, 0.15) is 11.1 Å². The van der Waals surface area contributed by atoms with Crippen LogP contribution in [0.5, 0.6) is 5.75 Å². The van der Waals surface area contributed by atoms with Crippen LogP contribution in [-0.2, 0) is 16.2 Å². The van der Waals surface area contributed by atoms with Gasteiger partial charge in [0.05, 0.1) is 20.8 Å². The lowest BCUT2D eigenvalue weighted by atomic mass is 10.1. The number of barbiturate groups is 1. The number of ether oxygens (including phenoxy) is 1. The van der Waals surface area contributed by atoms with Crippen LogP contribution in [0.15, 0.2) is 60.2 Å². The fourth-order valence-electron chi connectivity index (χ4n) is 3.25. The Morgan fingerprint density at radius 2 is 1.60 bits per heavy atom. The summed E-state index contributed by atoms with van der Waals surface area (Å²) in [5.41, 5.74) is 0.600. The molecule has 4 amide bonds. The minimum absolute atomic E-state index is 0.0197. The molecule has 0 unspecified atom stereocenters. The topological polar surface area (TPSA) is 75.7 Å². The van der Waals surface area contributed by atoms with Crippen molar-refractivity contribution in [2.24, 2.45) is 0 Å². The average molecular weight is 554 g/mol. The second-order valence-electron chi connectivity index (χ2n) is 7.28. The van der Waals surface area contributed by atoms with Crippen LogP contribution in [0.25, 0.3) is 6.08 Å². The molecule has 0 radical (unpaired) electrons. The Labute approximate surface area is 218 Å². The molecule has 35 heavy (non-hydrogen) atoms. The Bertz CT molecular complexity index is 1390. The van der Waals surface area contributed by atoms with Gasteiger partial charge in [0.2, 0.25) is 0 Å². The zero-order valence-electron chi connectivity index (χ0n) is 17.5. The fourth-order valence-corrected chi connectivity index (χ4v) is 4.10. The van der Waals surface area contributed by atoms with Crippen molar-refractivity contribution in [2.45, 2.75) is 6.61 Å². The predicted octanol–water partition coefficient (Wildman–Crippen LogP) is 6.68. The van der Waals surface area contributed by atoms with E-state index in [0.717, 1.165) is 4.90 Å². The van der Waals surface area contributed by atoms with Crippen molar-refractivity contribution >= 4 is 76.0 Å². The first-order valence-corrected chi connectivity index (χ1v) is 11.4. The molecule has 1 saturated heterocycles. The van der Waals surface area contributed by atoms with Gasteiger partial charge in [0.25, 0.3) is 11.8 Å². The summed E-state index contributed by atoms with van der Waals surface area (Å²) in [7, 11) is 0. The molecule has 3 aromatic carbocycles. The van der Waals surface area contributed by atoms with Crippen molar-refractivity contribution in [1.29, 1.82) is 0 Å². The number of halogens is 5. The highest BCUT2D eigenvalue weighted by atomic mass is 35.5. The standard InChI is InChI=1S/C24H13Cl4FN2O4/c25-14-7-13(21(20(28)9-14)35-11-12-1-3-15(29)4-2-12)8-17-22(32)30-24(34)31(23(17)33)16-5-6-18(26)19(27)10-16/h1-10H,11H2,(H,30,32,34)/b17-8+. The molecule has 1 fully saturated rings. The summed E-state index contributed by atoms with van der Waals surface area (Å²) in [6.45, 7) is 0.0197. The lowest BCUT2D eigenvalue weighted by molar-refractivity contribution is -0.122. The first-order chi connectivity index (χ1) is 16.6. The van der Waals surface area contributed by atoms with E-state index >= 15 is 0 Å². The highest BCUT2D eigenvalue weighted by Crippen LogP contribution is 2.36. The van der Waals surface area contributed by atoms with Gasteiger partial charge in [0.1, 0.15) is 23.7 Å². The Hall–Kier alpha value is -3.10. The van der Waals surface area contributed by atoms with E-state index in [-0.39, 0.29) is 49.3 Å². The zero-order valence-corrected chi connectivity index (χ0v) is 20.5. The third kappa shape index (κ3) is 5.44. The van der Waals surface area contributed by atoms with Crippen LogP contribution in [0.2, 0.25) is 20.1 Å². The number of urea groups is 1. The Balaban J connectivity index is 1.71. The van der Waals surface area contributed by atoms with E-state index in [4.69, 9.17) is 51.1 Å². The Morgan fingerprint density at radius 1 is 0.886 bits per heavy atom. The molecule has 0 bridgehead atoms. The van der Waals surface area contributed by atoms with E-state index in [0.29, 0.717) is 5.56 Å². The highest BCUT2D eigenvalue weighted by molar-refractivity contribution is 6.43. The van der Waals surface area contributed by atoms with Crippen molar-refractivity contribution < 1.29 is 23.5 Å². The summed E-state index contributed by atoms with van der Waals surface area (Å²) >= 11 is 24.4. The maximum Gasteiger partial charge on any atom is 0.335 e. The summed E-state index contributed by atoms with van der Waals surface area (Å²) in [5.74, 6) is -2.09. The second-order valence-corrected chi connectivity index (χ2v) is 8.94. The number of rotatable bonds is 5. The number of carbonyl (C=O) groups excluding carboxylic acids is 3. The average Bonchev–Trinajstić information content (AvgIpc) is 2.79. The van der Waals surface area contributed by atoms with Crippen LogP contribution in [-0.4, -0.2) is 17.8 Å². The first kappa shape index (κ1) is 25.0. The normalized spacial score (nSPS) is 14.9. The number of imide groups is 2. The molecule has 1 heterocycles. The SMILES string of the molecule is O=C1NC(=O)N(c2ccc(Cl)c(Cl)c2)C(=O)/C1=C/c1cc(Cl)cc(Cl)c1OCc1ccc(F)cc1. The van der Waals surface area contributed by atoms with Crippen LogP contribution >= 0.6 is 46.4 Å². The number of carbonyl (C=O) groups is 3. The summed E-state index contributed by atoms with van der Waals surface area (Å²) in [6, 6.07) is 11.7. The van der Waals surface area contributed by atoms with E-state index in [1.165, 1.54) is 60.7 Å². The fraction of sp³-hybridized carbons (Fsp3) is 0.0417. The van der Waals surface area contributed by atoms with Gasteiger partial charge in [-0.15, -0.1) is 0 Å². The van der Waals surface area contributed by atoms with Crippen molar-refractivity contribution in [3.63, 3.8) is 0 Å². The molecular formula is C24H13Cl4FN2O4. The lowest BCUT2D eigenvalue weighted by Gasteiger charge is -2.26. The van der Waals surface area contributed by atoms with Gasteiger partial charge in [0, 0.05) is 10.6 Å². The van der Waals surface area contributed by atoms with Gasteiger partial charge in [-0.3, -0.25) is 14.9 Å².